The van der Waals surface area contributed by atoms with E-state index in [1.165, 1.54) is 13.8 Å². The quantitative estimate of drug-likeness (QED) is 0.0416. The van der Waals surface area contributed by atoms with Crippen molar-refractivity contribution in [3.63, 3.8) is 0 Å². The molecule has 24 heteroatoms. The van der Waals surface area contributed by atoms with Gasteiger partial charge in [-0.15, -0.1) is 0 Å². The molecule has 0 saturated carbocycles. The Hall–Kier alpha value is -7.28. The van der Waals surface area contributed by atoms with Crippen LogP contribution in [0.3, 0.4) is 0 Å². The minimum Gasteiger partial charge on any atom is -0.379 e. The zero-order valence-electron chi connectivity index (χ0n) is 48.4. The molecule has 0 aromatic heterocycles. The van der Waals surface area contributed by atoms with Crippen LogP contribution >= 0.6 is 0 Å². The number of hydrogen-bond donors (Lipinski definition) is 6. The van der Waals surface area contributed by atoms with Crippen molar-refractivity contribution >= 4 is 82.0 Å². The molecule has 82 heavy (non-hydrogen) atoms. The van der Waals surface area contributed by atoms with Crippen molar-refractivity contribution in [2.24, 2.45) is 17.3 Å². The third-order valence-electron chi connectivity index (χ3n) is 13.1. The fraction of sp³-hybridized carbons (Fsp3) is 0.586. The number of carbonyl (C=O) groups excluding carboxylic acids is 12. The van der Waals surface area contributed by atoms with Gasteiger partial charge in [0.05, 0.1) is 71.1 Å². The molecule has 452 valence electrons. The highest BCUT2D eigenvalue weighted by atomic mass is 16.5. The first-order chi connectivity index (χ1) is 39.1. The zero-order valence-corrected chi connectivity index (χ0v) is 48.4. The number of hydrogen-bond acceptors (Lipinski definition) is 16. The van der Waals surface area contributed by atoms with Crippen LogP contribution in [0, 0.1) is 17.3 Å². The fourth-order valence-corrected chi connectivity index (χ4v) is 8.01. The van der Waals surface area contributed by atoms with E-state index in [1.807, 2.05) is 24.3 Å². The first kappa shape index (κ1) is 69.0. The van der Waals surface area contributed by atoms with Crippen molar-refractivity contribution in [2.45, 2.75) is 112 Å². The Balaban J connectivity index is 0.000000430. The number of amides is 10. The molecule has 24 nitrogen and oxygen atoms in total. The predicted molar refractivity (Wildman–Crippen MR) is 301 cm³/mol. The van der Waals surface area contributed by atoms with Gasteiger partial charge in [-0.3, -0.25) is 67.3 Å². The Kier molecular flexibility index (Phi) is 31.7. The van der Waals surface area contributed by atoms with Gasteiger partial charge in [-0.1, -0.05) is 52.0 Å². The van der Waals surface area contributed by atoms with E-state index in [4.69, 9.17) is 18.9 Å². The Morgan fingerprint density at radius 1 is 0.451 bits per heavy atom. The van der Waals surface area contributed by atoms with E-state index in [0.717, 1.165) is 20.9 Å². The molecule has 0 aliphatic carbocycles. The molecule has 2 aliphatic rings. The summed E-state index contributed by atoms with van der Waals surface area (Å²) in [4.78, 5) is 144. The van der Waals surface area contributed by atoms with E-state index in [2.05, 4.69) is 31.9 Å². The normalized spacial score (nSPS) is 15.3. The molecule has 2 fully saturated rings. The minimum atomic E-state index is -0.706. The summed E-state index contributed by atoms with van der Waals surface area (Å²) in [7, 11) is 0. The van der Waals surface area contributed by atoms with Crippen LogP contribution in [0.25, 0.3) is 0 Å². The first-order valence-electron chi connectivity index (χ1n) is 27.9. The van der Waals surface area contributed by atoms with Crippen molar-refractivity contribution in [3.05, 3.63) is 59.7 Å². The summed E-state index contributed by atoms with van der Waals surface area (Å²) < 4.78 is 21.6. The smallest absolute Gasteiger partial charge is 0.235 e. The van der Waals surface area contributed by atoms with Crippen molar-refractivity contribution in [1.82, 2.24) is 31.1 Å². The van der Waals surface area contributed by atoms with Crippen LogP contribution < -0.4 is 31.9 Å². The zero-order chi connectivity index (χ0) is 60.5. The summed E-state index contributed by atoms with van der Waals surface area (Å²) in [5.41, 5.74) is 2.52. The van der Waals surface area contributed by atoms with E-state index in [0.29, 0.717) is 103 Å². The maximum atomic E-state index is 12.2. The summed E-state index contributed by atoms with van der Waals surface area (Å²) >= 11 is 0. The number of ketones is 2. The number of rotatable bonds is 38. The average Bonchev–Trinajstić information content (AvgIpc) is 3.93. The molecule has 2 aromatic rings. The summed E-state index contributed by atoms with van der Waals surface area (Å²) in [5, 5.41) is 16.4. The molecule has 0 bridgehead atoms. The van der Waals surface area contributed by atoms with Crippen molar-refractivity contribution < 1.29 is 76.5 Å². The molecule has 2 heterocycles. The summed E-state index contributed by atoms with van der Waals surface area (Å²) in [6.07, 6.45) is 3.04. The van der Waals surface area contributed by atoms with Gasteiger partial charge in [-0.25, -0.2) is 0 Å². The highest BCUT2D eigenvalue weighted by Crippen LogP contribution is 2.31. The number of aryl methyl sites for hydroxylation is 2. The Morgan fingerprint density at radius 3 is 1.17 bits per heavy atom. The Bertz CT molecular complexity index is 2320. The van der Waals surface area contributed by atoms with Crippen LogP contribution in [0.4, 0.5) is 11.4 Å². The van der Waals surface area contributed by atoms with Crippen molar-refractivity contribution in [3.8, 4) is 0 Å². The summed E-state index contributed by atoms with van der Waals surface area (Å²) in [5.74, 6) is -2.69. The van der Waals surface area contributed by atoms with Crippen LogP contribution in [-0.4, -0.2) is 173 Å². The largest absolute Gasteiger partial charge is 0.379 e. The molecular weight excluding hydrogens is 1060 g/mol. The Labute approximate surface area is 479 Å². The topological polar surface area (TPSA) is 320 Å². The number of nitrogens with one attached hydrogen (secondary N) is 6. The molecule has 4 rings (SSSR count). The molecule has 2 unspecified atom stereocenters. The number of nitrogens with zero attached hydrogens (tertiary/aromatic N) is 2. The number of Topliss-reactive ketones (excluding diaryl/α,β-unsaturated/α-hetero) is 2. The molecule has 0 spiro atoms. The number of ether oxygens (including phenoxy) is 4. The second-order valence-electron chi connectivity index (χ2n) is 20.6. The highest BCUT2D eigenvalue weighted by molar-refractivity contribution is 6.06. The van der Waals surface area contributed by atoms with E-state index in [1.54, 1.807) is 52.0 Å². The van der Waals surface area contributed by atoms with Gasteiger partial charge in [0, 0.05) is 107 Å². The first-order valence-corrected chi connectivity index (χ1v) is 27.9. The van der Waals surface area contributed by atoms with Gasteiger partial charge < -0.3 is 50.8 Å². The maximum Gasteiger partial charge on any atom is 0.235 e. The lowest BCUT2D eigenvalue weighted by Crippen LogP contribution is -2.37. The molecule has 2 aliphatic heterocycles. The molecule has 10 amide bonds. The minimum absolute atomic E-state index is 0.0368. The van der Waals surface area contributed by atoms with Crippen LogP contribution in [0.15, 0.2) is 48.5 Å². The van der Waals surface area contributed by atoms with Gasteiger partial charge in [-0.05, 0) is 62.1 Å². The summed E-state index contributed by atoms with van der Waals surface area (Å²) in [6, 6.07) is 14.5. The van der Waals surface area contributed by atoms with Crippen LogP contribution in [-0.2, 0) is 89.3 Å². The molecule has 0 radical (unpaired) electrons. The molecular formula is C58H84N8O16. The van der Waals surface area contributed by atoms with Crippen molar-refractivity contribution in [2.75, 3.05) is 103 Å². The van der Waals surface area contributed by atoms with Crippen molar-refractivity contribution in [1.29, 1.82) is 0 Å². The van der Waals surface area contributed by atoms with Crippen LogP contribution in [0.1, 0.15) is 110 Å². The molecule has 6 N–H and O–H groups in total. The average molecular weight is 1150 g/mol. The number of likely N-dealkylation sites (tertiary alicyclic amines) is 2. The van der Waals surface area contributed by atoms with Gasteiger partial charge in [0.15, 0.2) is 0 Å². The van der Waals surface area contributed by atoms with Crippen LogP contribution in [0.2, 0.25) is 0 Å². The van der Waals surface area contributed by atoms with Gasteiger partial charge in [0.1, 0.15) is 11.6 Å². The van der Waals surface area contributed by atoms with Gasteiger partial charge in [0.25, 0.3) is 0 Å². The van der Waals surface area contributed by atoms with E-state index < -0.39 is 5.41 Å². The fourth-order valence-electron chi connectivity index (χ4n) is 8.01. The highest BCUT2D eigenvalue weighted by Gasteiger charge is 2.44. The maximum absolute atomic E-state index is 12.2. The lowest BCUT2D eigenvalue weighted by Gasteiger charge is -2.17. The lowest BCUT2D eigenvalue weighted by atomic mass is 9.92. The van der Waals surface area contributed by atoms with E-state index >= 15 is 0 Å². The lowest BCUT2D eigenvalue weighted by molar-refractivity contribution is -0.142. The SMILES string of the molecule is CC(=O)CCNC(=O)CCc1ccc(NC(=O)CCOCCOCCNC(=O)CCN2C(=O)C(C)C(C)C2=O)cc1.CC(=O)CCNC(=O)CCc1ccc(NC(=O)CCOCCOCCNC(=O)CCN2C(=O)CC(C)(C)C2=O)cc1. The number of imide groups is 2. The summed E-state index contributed by atoms with van der Waals surface area (Å²) in [6.45, 7) is 13.5. The van der Waals surface area contributed by atoms with Gasteiger partial charge in [0.2, 0.25) is 59.1 Å². The van der Waals surface area contributed by atoms with Crippen LogP contribution in [0.5, 0.6) is 0 Å². The van der Waals surface area contributed by atoms with Gasteiger partial charge >= 0.3 is 0 Å². The molecule has 2 saturated heterocycles. The standard InChI is InChI=1S/2C29H42N4O8/c1-21(34)10-13-30-24(35)9-6-22-4-7-23(8-5-22)32-26(37)12-16-40-18-19-41-17-14-31-25(36)11-15-33-27(38)20-29(2,3)28(33)39;1-20(34)10-13-30-25(35)9-6-23-4-7-24(8-5-23)32-27(37)12-16-40-18-19-41-17-14-31-26(36)11-15-33-28(38)21(2)22(3)29(33)39/h4-5,7-8H,6,9-20H2,1-3H3,(H,30,35)(H,31,36)(H,32,37);4-5,7-8,21-22H,6,9-19H2,1-3H3,(H,30,35)(H,31,36)(H,32,37). The second-order valence-corrected chi connectivity index (χ2v) is 20.6. The third-order valence-corrected chi connectivity index (χ3v) is 13.1. The Morgan fingerprint density at radius 2 is 0.805 bits per heavy atom. The molecule has 2 aromatic carbocycles. The predicted octanol–water partition coefficient (Wildman–Crippen LogP) is 2.59. The number of benzene rings is 2. The number of carbonyl (C=O) groups is 12. The van der Waals surface area contributed by atoms with E-state index in [9.17, 15) is 57.5 Å². The third kappa shape index (κ3) is 27.9. The molecule has 2 atom stereocenters. The van der Waals surface area contributed by atoms with E-state index in [-0.39, 0.29) is 154 Å². The monoisotopic (exact) mass is 1150 g/mol. The second kappa shape index (κ2) is 37.7. The number of anilines is 2. The van der Waals surface area contributed by atoms with Gasteiger partial charge in [-0.2, -0.15) is 0 Å².